The molecule has 1 aromatic carbocycles. The Morgan fingerprint density at radius 1 is 1.16 bits per heavy atom. The van der Waals surface area contributed by atoms with Gasteiger partial charge in [0.25, 0.3) is 5.56 Å². The molecule has 0 saturated carbocycles. The number of aromatic nitrogens is 2. The number of rotatable bonds is 0. The summed E-state index contributed by atoms with van der Waals surface area (Å²) in [7, 11) is 0. The SMILES string of the molecule is O=c1c2c(nc3cc4ccccc4cn13)C=CCC2. The summed E-state index contributed by atoms with van der Waals surface area (Å²) in [6.07, 6.45) is 7.62. The Labute approximate surface area is 109 Å². The monoisotopic (exact) mass is 248 g/mol. The van der Waals surface area contributed by atoms with Crippen molar-refractivity contribution in [3.63, 3.8) is 0 Å². The van der Waals surface area contributed by atoms with Crippen LogP contribution >= 0.6 is 0 Å². The van der Waals surface area contributed by atoms with Crippen molar-refractivity contribution in [2.75, 3.05) is 0 Å². The van der Waals surface area contributed by atoms with E-state index in [4.69, 9.17) is 0 Å². The second-order valence-electron chi connectivity index (χ2n) is 4.85. The highest BCUT2D eigenvalue weighted by atomic mass is 16.1. The van der Waals surface area contributed by atoms with E-state index in [2.05, 4.69) is 11.1 Å². The molecular weight excluding hydrogens is 236 g/mol. The van der Waals surface area contributed by atoms with Crippen LogP contribution in [0.15, 0.2) is 47.4 Å². The number of fused-ring (bicyclic) bond motifs is 3. The van der Waals surface area contributed by atoms with Crippen molar-refractivity contribution < 1.29 is 0 Å². The minimum Gasteiger partial charge on any atom is -0.269 e. The molecule has 3 heteroatoms. The van der Waals surface area contributed by atoms with E-state index < -0.39 is 0 Å². The Morgan fingerprint density at radius 3 is 2.89 bits per heavy atom. The summed E-state index contributed by atoms with van der Waals surface area (Å²) >= 11 is 0. The lowest BCUT2D eigenvalue weighted by Gasteiger charge is -2.11. The molecule has 0 amide bonds. The number of pyridine rings is 1. The molecule has 0 spiro atoms. The molecule has 1 aliphatic carbocycles. The molecule has 2 aromatic heterocycles. The maximum Gasteiger partial charge on any atom is 0.261 e. The highest BCUT2D eigenvalue weighted by molar-refractivity contribution is 5.84. The maximum absolute atomic E-state index is 12.5. The topological polar surface area (TPSA) is 34.4 Å². The normalized spacial score (nSPS) is 13.9. The highest BCUT2D eigenvalue weighted by Gasteiger charge is 2.13. The Morgan fingerprint density at radius 2 is 2.00 bits per heavy atom. The van der Waals surface area contributed by atoms with Gasteiger partial charge in [0.15, 0.2) is 0 Å². The zero-order valence-corrected chi connectivity index (χ0v) is 10.3. The van der Waals surface area contributed by atoms with Crippen molar-refractivity contribution in [3.05, 3.63) is 64.2 Å². The molecule has 3 aromatic rings. The number of benzene rings is 1. The van der Waals surface area contributed by atoms with Crippen molar-refractivity contribution in [2.24, 2.45) is 0 Å². The molecule has 0 radical (unpaired) electrons. The van der Waals surface area contributed by atoms with Gasteiger partial charge < -0.3 is 0 Å². The fraction of sp³-hybridized carbons (Fsp3) is 0.125. The zero-order chi connectivity index (χ0) is 12.8. The van der Waals surface area contributed by atoms with Gasteiger partial charge in [0.2, 0.25) is 0 Å². The van der Waals surface area contributed by atoms with Gasteiger partial charge in [0.1, 0.15) is 5.65 Å². The Balaban J connectivity index is 2.19. The number of hydrogen-bond donors (Lipinski definition) is 0. The van der Waals surface area contributed by atoms with Crippen molar-refractivity contribution in [2.45, 2.75) is 12.8 Å². The lowest BCUT2D eigenvalue weighted by atomic mass is 10.0. The minimum atomic E-state index is 0.0649. The fourth-order valence-corrected chi connectivity index (χ4v) is 2.66. The van der Waals surface area contributed by atoms with E-state index in [9.17, 15) is 4.79 Å². The average Bonchev–Trinajstić information content (AvgIpc) is 2.46. The van der Waals surface area contributed by atoms with Crippen LogP contribution in [0, 0.1) is 0 Å². The quantitative estimate of drug-likeness (QED) is 0.573. The Hall–Kier alpha value is -2.42. The second-order valence-corrected chi connectivity index (χ2v) is 4.85. The molecule has 0 N–H and O–H groups in total. The van der Waals surface area contributed by atoms with Crippen molar-refractivity contribution in [1.29, 1.82) is 0 Å². The molecule has 0 atom stereocenters. The van der Waals surface area contributed by atoms with Gasteiger partial charge in [-0.15, -0.1) is 0 Å². The van der Waals surface area contributed by atoms with Gasteiger partial charge in [-0.1, -0.05) is 30.3 Å². The van der Waals surface area contributed by atoms with Crippen LogP contribution in [0.2, 0.25) is 0 Å². The summed E-state index contributed by atoms with van der Waals surface area (Å²) in [4.78, 5) is 17.1. The van der Waals surface area contributed by atoms with Crippen LogP contribution in [0.25, 0.3) is 22.5 Å². The molecule has 2 heterocycles. The molecule has 19 heavy (non-hydrogen) atoms. The molecule has 92 valence electrons. The fourth-order valence-electron chi connectivity index (χ4n) is 2.66. The van der Waals surface area contributed by atoms with Gasteiger partial charge in [0, 0.05) is 11.8 Å². The first-order valence-corrected chi connectivity index (χ1v) is 6.43. The predicted molar refractivity (Wildman–Crippen MR) is 76.3 cm³/mol. The first-order chi connectivity index (χ1) is 9.33. The summed E-state index contributed by atoms with van der Waals surface area (Å²) in [5.41, 5.74) is 2.44. The van der Waals surface area contributed by atoms with Gasteiger partial charge in [-0.25, -0.2) is 4.98 Å². The third-order valence-corrected chi connectivity index (χ3v) is 3.65. The number of nitrogens with zero attached hydrogens (tertiary/aromatic N) is 2. The molecule has 0 aliphatic heterocycles. The second kappa shape index (κ2) is 3.79. The van der Waals surface area contributed by atoms with E-state index in [-0.39, 0.29) is 5.56 Å². The van der Waals surface area contributed by atoms with Gasteiger partial charge in [-0.05, 0) is 35.8 Å². The first kappa shape index (κ1) is 10.5. The van der Waals surface area contributed by atoms with Gasteiger partial charge in [-0.3, -0.25) is 9.20 Å². The molecule has 4 rings (SSSR count). The van der Waals surface area contributed by atoms with Gasteiger partial charge in [0.05, 0.1) is 5.69 Å². The molecule has 1 aliphatic rings. The summed E-state index contributed by atoms with van der Waals surface area (Å²) in [5, 5.41) is 2.17. The standard InChI is InChI=1S/C16H12N2O/c19-16-13-7-3-4-8-14(13)17-15-9-11-5-1-2-6-12(11)10-18(15)16/h1-2,4-6,8-10H,3,7H2. The average molecular weight is 248 g/mol. The van der Waals surface area contributed by atoms with Crippen LogP contribution in [0.3, 0.4) is 0 Å². The third-order valence-electron chi connectivity index (χ3n) is 3.65. The van der Waals surface area contributed by atoms with Crippen molar-refractivity contribution in [3.8, 4) is 0 Å². The predicted octanol–water partition coefficient (Wildman–Crippen LogP) is 2.81. The Bertz CT molecular complexity index is 890. The van der Waals surface area contributed by atoms with Crippen LogP contribution < -0.4 is 5.56 Å². The first-order valence-electron chi connectivity index (χ1n) is 6.43. The molecule has 0 bridgehead atoms. The zero-order valence-electron chi connectivity index (χ0n) is 10.3. The molecule has 0 saturated heterocycles. The highest BCUT2D eigenvalue weighted by Crippen LogP contribution is 2.18. The number of allylic oxidation sites excluding steroid dienone is 1. The minimum absolute atomic E-state index is 0.0649. The molecule has 0 fully saturated rings. The van der Waals surface area contributed by atoms with Crippen LogP contribution in [0.5, 0.6) is 0 Å². The smallest absolute Gasteiger partial charge is 0.261 e. The van der Waals surface area contributed by atoms with E-state index in [1.54, 1.807) is 4.40 Å². The van der Waals surface area contributed by atoms with Crippen molar-refractivity contribution in [1.82, 2.24) is 9.38 Å². The lowest BCUT2D eigenvalue weighted by Crippen LogP contribution is -2.22. The van der Waals surface area contributed by atoms with Gasteiger partial charge >= 0.3 is 0 Å². The van der Waals surface area contributed by atoms with E-state index in [0.29, 0.717) is 5.65 Å². The van der Waals surface area contributed by atoms with E-state index in [1.807, 2.05) is 42.6 Å². The van der Waals surface area contributed by atoms with Crippen LogP contribution in [0.1, 0.15) is 17.7 Å². The maximum atomic E-state index is 12.5. The van der Waals surface area contributed by atoms with E-state index in [0.717, 1.165) is 34.9 Å². The third kappa shape index (κ3) is 1.51. The lowest BCUT2D eigenvalue weighted by molar-refractivity contribution is 0.903. The van der Waals surface area contributed by atoms with Crippen LogP contribution in [-0.2, 0) is 6.42 Å². The summed E-state index contributed by atoms with van der Waals surface area (Å²) in [6, 6.07) is 10.00. The molecular formula is C16H12N2O. The summed E-state index contributed by atoms with van der Waals surface area (Å²) < 4.78 is 1.67. The van der Waals surface area contributed by atoms with E-state index in [1.165, 1.54) is 0 Å². The van der Waals surface area contributed by atoms with E-state index >= 15 is 0 Å². The summed E-state index contributed by atoms with van der Waals surface area (Å²) in [6.45, 7) is 0. The molecule has 0 unspecified atom stereocenters. The van der Waals surface area contributed by atoms with Crippen LogP contribution in [0.4, 0.5) is 0 Å². The Kier molecular flexibility index (Phi) is 2.09. The van der Waals surface area contributed by atoms with Crippen molar-refractivity contribution >= 4 is 22.5 Å². The van der Waals surface area contributed by atoms with Crippen LogP contribution in [-0.4, -0.2) is 9.38 Å². The van der Waals surface area contributed by atoms with Gasteiger partial charge in [-0.2, -0.15) is 0 Å². The molecule has 3 nitrogen and oxygen atoms in total. The largest absolute Gasteiger partial charge is 0.269 e. The number of hydrogen-bond acceptors (Lipinski definition) is 2. The summed E-state index contributed by atoms with van der Waals surface area (Å²) in [5.74, 6) is 0.